The first-order chi connectivity index (χ1) is 11.1. The van der Waals surface area contributed by atoms with Gasteiger partial charge in [-0.05, 0) is 29.8 Å². The molecule has 0 spiro atoms. The topological polar surface area (TPSA) is 102 Å². The van der Waals surface area contributed by atoms with Gasteiger partial charge in [0, 0.05) is 0 Å². The van der Waals surface area contributed by atoms with Crippen molar-refractivity contribution in [3.05, 3.63) is 65.2 Å². The quantitative estimate of drug-likeness (QED) is 0.819. The molecule has 2 aromatic rings. The van der Waals surface area contributed by atoms with E-state index in [0.717, 1.165) is 0 Å². The molecule has 0 radical (unpaired) electrons. The summed E-state index contributed by atoms with van der Waals surface area (Å²) in [5.41, 5.74) is 6.41. The minimum atomic E-state index is -0.638. The molecule has 2 aromatic carbocycles. The van der Waals surface area contributed by atoms with Gasteiger partial charge >= 0.3 is 5.97 Å². The van der Waals surface area contributed by atoms with Crippen molar-refractivity contribution >= 4 is 11.9 Å². The first kappa shape index (κ1) is 16.0. The minimum Gasteiger partial charge on any atom is -0.483 e. The number of ether oxygens (including phenoxy) is 2. The number of hydrogen-bond donors (Lipinski definition) is 1. The van der Waals surface area contributed by atoms with Crippen LogP contribution in [-0.4, -0.2) is 18.5 Å². The van der Waals surface area contributed by atoms with Gasteiger partial charge in [-0.1, -0.05) is 24.3 Å². The Hall–Kier alpha value is -3.33. The van der Waals surface area contributed by atoms with Gasteiger partial charge in [-0.2, -0.15) is 5.26 Å². The zero-order valence-corrected chi connectivity index (χ0v) is 12.2. The zero-order chi connectivity index (χ0) is 16.7. The Morgan fingerprint density at radius 1 is 1.13 bits per heavy atom. The monoisotopic (exact) mass is 310 g/mol. The van der Waals surface area contributed by atoms with Crippen molar-refractivity contribution in [2.24, 2.45) is 5.73 Å². The number of nitriles is 1. The lowest BCUT2D eigenvalue weighted by Gasteiger charge is -2.10. The van der Waals surface area contributed by atoms with E-state index in [2.05, 4.69) is 0 Å². The molecule has 2 N–H and O–H groups in total. The Labute approximate surface area is 133 Å². The van der Waals surface area contributed by atoms with Crippen LogP contribution >= 0.6 is 0 Å². The molecule has 0 bridgehead atoms. The average Bonchev–Trinajstić information content (AvgIpc) is 2.58. The fraction of sp³-hybridized carbons (Fsp3) is 0.118. The van der Waals surface area contributed by atoms with Crippen LogP contribution in [0.2, 0.25) is 0 Å². The van der Waals surface area contributed by atoms with Gasteiger partial charge in [0.25, 0.3) is 5.91 Å². The van der Waals surface area contributed by atoms with Gasteiger partial charge in [-0.3, -0.25) is 4.79 Å². The molecule has 0 atom stereocenters. The molecule has 0 heterocycles. The summed E-state index contributed by atoms with van der Waals surface area (Å²) in [5, 5.41) is 8.85. The maximum Gasteiger partial charge on any atom is 0.342 e. The van der Waals surface area contributed by atoms with E-state index in [1.54, 1.807) is 42.5 Å². The van der Waals surface area contributed by atoms with Gasteiger partial charge in [-0.15, -0.1) is 0 Å². The van der Waals surface area contributed by atoms with Crippen LogP contribution in [0.15, 0.2) is 48.5 Å². The lowest BCUT2D eigenvalue weighted by Crippen LogP contribution is -2.21. The maximum atomic E-state index is 12.2. The Morgan fingerprint density at radius 3 is 2.65 bits per heavy atom. The number of benzene rings is 2. The molecule has 2 rings (SSSR count). The Balaban J connectivity index is 2.06. The van der Waals surface area contributed by atoms with Crippen molar-refractivity contribution in [1.82, 2.24) is 0 Å². The summed E-state index contributed by atoms with van der Waals surface area (Å²) >= 11 is 0. The molecule has 6 heteroatoms. The molecule has 23 heavy (non-hydrogen) atoms. The number of nitrogens with two attached hydrogens (primary N) is 1. The molecule has 0 aliphatic heterocycles. The van der Waals surface area contributed by atoms with Gasteiger partial charge in [0.2, 0.25) is 0 Å². The van der Waals surface area contributed by atoms with Crippen LogP contribution in [0, 0.1) is 11.3 Å². The number of para-hydroxylation sites is 1. The highest BCUT2D eigenvalue weighted by molar-refractivity contribution is 5.92. The number of carbonyl (C=O) groups is 2. The van der Waals surface area contributed by atoms with Crippen LogP contribution in [-0.2, 0) is 16.1 Å². The van der Waals surface area contributed by atoms with Crippen LogP contribution in [0.1, 0.15) is 21.5 Å². The van der Waals surface area contributed by atoms with Crippen LogP contribution in [0.5, 0.6) is 5.75 Å². The number of primary amides is 1. The lowest BCUT2D eigenvalue weighted by atomic mass is 10.1. The van der Waals surface area contributed by atoms with Crippen molar-refractivity contribution in [2.45, 2.75) is 6.61 Å². The van der Waals surface area contributed by atoms with E-state index in [4.69, 9.17) is 20.5 Å². The Kier molecular flexibility index (Phi) is 5.31. The molecule has 0 saturated carbocycles. The van der Waals surface area contributed by atoms with Gasteiger partial charge < -0.3 is 15.2 Å². The first-order valence-corrected chi connectivity index (χ1v) is 6.76. The summed E-state index contributed by atoms with van der Waals surface area (Å²) in [6, 6.07) is 15.2. The van der Waals surface area contributed by atoms with Gasteiger partial charge in [0.05, 0.1) is 11.6 Å². The molecule has 0 aromatic heterocycles. The smallest absolute Gasteiger partial charge is 0.342 e. The number of rotatable bonds is 6. The average molecular weight is 310 g/mol. The van der Waals surface area contributed by atoms with E-state index in [1.807, 2.05) is 6.07 Å². The molecule has 0 aliphatic rings. The highest BCUT2D eigenvalue weighted by Gasteiger charge is 2.14. The number of hydrogen-bond acceptors (Lipinski definition) is 5. The van der Waals surface area contributed by atoms with Crippen LogP contribution in [0.4, 0.5) is 0 Å². The van der Waals surface area contributed by atoms with Crippen LogP contribution < -0.4 is 10.5 Å². The van der Waals surface area contributed by atoms with Crippen molar-refractivity contribution in [3.8, 4) is 11.8 Å². The maximum absolute atomic E-state index is 12.2. The summed E-state index contributed by atoms with van der Waals surface area (Å²) < 4.78 is 10.4. The van der Waals surface area contributed by atoms with E-state index in [-0.39, 0.29) is 24.5 Å². The van der Waals surface area contributed by atoms with Gasteiger partial charge in [0.15, 0.2) is 6.61 Å². The predicted octanol–water partition coefficient (Wildman–Crippen LogP) is 1.78. The van der Waals surface area contributed by atoms with Gasteiger partial charge in [0.1, 0.15) is 17.9 Å². The SMILES string of the molecule is N#Cc1cccc(COC(=O)c2ccccc2OCC(N)=O)c1. The molecule has 0 saturated heterocycles. The van der Waals surface area contributed by atoms with E-state index in [9.17, 15) is 9.59 Å². The molecule has 116 valence electrons. The van der Waals surface area contributed by atoms with E-state index < -0.39 is 11.9 Å². The normalized spacial score (nSPS) is 9.70. The molecule has 6 nitrogen and oxygen atoms in total. The summed E-state index contributed by atoms with van der Waals surface area (Å²) in [5.74, 6) is -1.00. The molecule has 0 fully saturated rings. The molecule has 0 unspecified atom stereocenters. The summed E-state index contributed by atoms with van der Waals surface area (Å²) in [7, 11) is 0. The summed E-state index contributed by atoms with van der Waals surface area (Å²) in [6.07, 6.45) is 0. The highest BCUT2D eigenvalue weighted by atomic mass is 16.5. The second-order valence-corrected chi connectivity index (χ2v) is 4.64. The summed E-state index contributed by atoms with van der Waals surface area (Å²) in [4.78, 5) is 22.9. The Morgan fingerprint density at radius 2 is 1.91 bits per heavy atom. The fourth-order valence-corrected chi connectivity index (χ4v) is 1.87. The fourth-order valence-electron chi connectivity index (χ4n) is 1.87. The lowest BCUT2D eigenvalue weighted by molar-refractivity contribution is -0.119. The predicted molar refractivity (Wildman–Crippen MR) is 81.4 cm³/mol. The van der Waals surface area contributed by atoms with E-state index >= 15 is 0 Å². The highest BCUT2D eigenvalue weighted by Crippen LogP contribution is 2.19. The van der Waals surface area contributed by atoms with Crippen LogP contribution in [0.25, 0.3) is 0 Å². The number of amides is 1. The van der Waals surface area contributed by atoms with Crippen molar-refractivity contribution in [2.75, 3.05) is 6.61 Å². The van der Waals surface area contributed by atoms with Crippen molar-refractivity contribution in [1.29, 1.82) is 5.26 Å². The molecular formula is C17H14N2O4. The van der Waals surface area contributed by atoms with Crippen LogP contribution in [0.3, 0.4) is 0 Å². The van der Waals surface area contributed by atoms with Crippen molar-refractivity contribution < 1.29 is 19.1 Å². The van der Waals surface area contributed by atoms with E-state index in [0.29, 0.717) is 11.1 Å². The number of carbonyl (C=O) groups excluding carboxylic acids is 2. The number of nitrogens with zero attached hydrogens (tertiary/aromatic N) is 1. The molecular weight excluding hydrogens is 296 g/mol. The number of esters is 1. The standard InChI is InChI=1S/C17H14N2O4/c18-9-12-4-3-5-13(8-12)10-23-17(21)14-6-1-2-7-15(14)22-11-16(19)20/h1-8H,10-11H2,(H2,19,20). The third-order valence-electron chi connectivity index (χ3n) is 2.90. The third kappa shape index (κ3) is 4.58. The largest absolute Gasteiger partial charge is 0.483 e. The minimum absolute atomic E-state index is 0.0263. The third-order valence-corrected chi connectivity index (χ3v) is 2.90. The molecule has 1 amide bonds. The van der Waals surface area contributed by atoms with Crippen molar-refractivity contribution in [3.63, 3.8) is 0 Å². The first-order valence-electron chi connectivity index (χ1n) is 6.76. The second kappa shape index (κ2) is 7.61. The van der Waals surface area contributed by atoms with E-state index in [1.165, 1.54) is 6.07 Å². The summed E-state index contributed by atoms with van der Waals surface area (Å²) in [6.45, 7) is -0.299. The second-order valence-electron chi connectivity index (χ2n) is 4.64. The molecule has 0 aliphatic carbocycles. The van der Waals surface area contributed by atoms with Gasteiger partial charge in [-0.25, -0.2) is 4.79 Å². The Bertz CT molecular complexity index is 765. The zero-order valence-electron chi connectivity index (χ0n) is 12.2.